The molecule has 1 aliphatic carbocycles. The minimum atomic E-state index is 0.123. The quantitative estimate of drug-likeness (QED) is 0.905. The van der Waals surface area contributed by atoms with Gasteiger partial charge in [0, 0.05) is 6.04 Å². The SMILES string of the molecule is Cc1cnc(C(C)NC2CCC(C)(C)c3ccccc32)o1. The zero-order valence-electron chi connectivity index (χ0n) is 13.3. The molecule has 1 N–H and O–H groups in total. The second kappa shape index (κ2) is 5.30. The average Bonchev–Trinajstić information content (AvgIpc) is 2.89. The molecule has 3 heteroatoms. The summed E-state index contributed by atoms with van der Waals surface area (Å²) in [6.45, 7) is 8.72. The number of nitrogens with one attached hydrogen (secondary N) is 1. The van der Waals surface area contributed by atoms with Crippen LogP contribution in [-0.2, 0) is 5.41 Å². The predicted octanol–water partition coefficient (Wildman–Crippen LogP) is 4.45. The molecule has 21 heavy (non-hydrogen) atoms. The van der Waals surface area contributed by atoms with Crippen LogP contribution in [0.2, 0.25) is 0 Å². The number of hydrogen-bond donors (Lipinski definition) is 1. The Morgan fingerprint density at radius 3 is 2.81 bits per heavy atom. The molecule has 1 aliphatic rings. The Bertz CT molecular complexity index is 630. The lowest BCUT2D eigenvalue weighted by atomic mass is 9.71. The fourth-order valence-electron chi connectivity index (χ4n) is 3.33. The summed E-state index contributed by atoms with van der Waals surface area (Å²) in [7, 11) is 0. The van der Waals surface area contributed by atoms with Gasteiger partial charge in [-0.1, -0.05) is 38.1 Å². The van der Waals surface area contributed by atoms with E-state index in [4.69, 9.17) is 4.42 Å². The topological polar surface area (TPSA) is 38.1 Å². The van der Waals surface area contributed by atoms with Crippen LogP contribution in [0.15, 0.2) is 34.9 Å². The fraction of sp³-hybridized carbons (Fsp3) is 0.500. The average molecular weight is 284 g/mol. The van der Waals surface area contributed by atoms with Crippen molar-refractivity contribution in [1.82, 2.24) is 10.3 Å². The van der Waals surface area contributed by atoms with Gasteiger partial charge in [-0.25, -0.2) is 4.98 Å². The monoisotopic (exact) mass is 284 g/mol. The molecule has 2 aromatic rings. The second-order valence-corrected chi connectivity index (χ2v) is 6.76. The molecule has 3 rings (SSSR count). The van der Waals surface area contributed by atoms with Crippen molar-refractivity contribution in [2.24, 2.45) is 0 Å². The van der Waals surface area contributed by atoms with Crippen molar-refractivity contribution in [3.05, 3.63) is 53.2 Å². The van der Waals surface area contributed by atoms with Crippen LogP contribution in [0.5, 0.6) is 0 Å². The van der Waals surface area contributed by atoms with Crippen LogP contribution in [0.1, 0.15) is 68.5 Å². The van der Waals surface area contributed by atoms with E-state index in [-0.39, 0.29) is 11.5 Å². The molecule has 0 spiro atoms. The van der Waals surface area contributed by atoms with Crippen LogP contribution in [0, 0.1) is 6.92 Å². The van der Waals surface area contributed by atoms with Gasteiger partial charge in [0.05, 0.1) is 12.2 Å². The molecule has 0 fully saturated rings. The summed E-state index contributed by atoms with van der Waals surface area (Å²) in [6, 6.07) is 9.29. The summed E-state index contributed by atoms with van der Waals surface area (Å²) in [5, 5.41) is 3.69. The van der Waals surface area contributed by atoms with Gasteiger partial charge >= 0.3 is 0 Å². The smallest absolute Gasteiger partial charge is 0.211 e. The largest absolute Gasteiger partial charge is 0.444 e. The highest BCUT2D eigenvalue weighted by Gasteiger charge is 2.33. The lowest BCUT2D eigenvalue weighted by Gasteiger charge is -2.38. The normalized spacial score (nSPS) is 21.8. The number of oxazole rings is 1. The standard InChI is InChI=1S/C18H24N2O/c1-12-11-19-17(21-12)13(2)20-16-9-10-18(3,4)15-8-6-5-7-14(15)16/h5-8,11,13,16,20H,9-10H2,1-4H3. The second-order valence-electron chi connectivity index (χ2n) is 6.76. The van der Waals surface area contributed by atoms with E-state index in [1.165, 1.54) is 17.5 Å². The van der Waals surface area contributed by atoms with Gasteiger partial charge in [-0.15, -0.1) is 0 Å². The number of aromatic nitrogens is 1. The van der Waals surface area contributed by atoms with Gasteiger partial charge in [0.15, 0.2) is 0 Å². The highest BCUT2D eigenvalue weighted by atomic mass is 16.4. The van der Waals surface area contributed by atoms with Crippen LogP contribution >= 0.6 is 0 Å². The van der Waals surface area contributed by atoms with E-state index in [1.807, 2.05) is 6.92 Å². The van der Waals surface area contributed by atoms with Crippen molar-refractivity contribution < 1.29 is 4.42 Å². The Balaban J connectivity index is 1.84. The molecule has 2 atom stereocenters. The Hall–Kier alpha value is -1.61. The predicted molar refractivity (Wildman–Crippen MR) is 84.2 cm³/mol. The van der Waals surface area contributed by atoms with Gasteiger partial charge in [0.1, 0.15) is 5.76 Å². The van der Waals surface area contributed by atoms with Crippen LogP contribution < -0.4 is 5.32 Å². The van der Waals surface area contributed by atoms with Crippen molar-refractivity contribution >= 4 is 0 Å². The van der Waals surface area contributed by atoms with Crippen LogP contribution in [0.4, 0.5) is 0 Å². The number of benzene rings is 1. The zero-order valence-corrected chi connectivity index (χ0v) is 13.3. The van der Waals surface area contributed by atoms with E-state index in [9.17, 15) is 0 Å². The molecule has 0 saturated carbocycles. The van der Waals surface area contributed by atoms with Crippen molar-refractivity contribution in [3.8, 4) is 0 Å². The number of aryl methyl sites for hydroxylation is 1. The summed E-state index contributed by atoms with van der Waals surface area (Å²) in [5.41, 5.74) is 3.14. The molecule has 112 valence electrons. The van der Waals surface area contributed by atoms with Crippen molar-refractivity contribution in [3.63, 3.8) is 0 Å². The molecule has 0 saturated heterocycles. The summed E-state index contributed by atoms with van der Waals surface area (Å²) in [4.78, 5) is 4.34. The molecule has 0 bridgehead atoms. The minimum absolute atomic E-state index is 0.123. The van der Waals surface area contributed by atoms with Crippen molar-refractivity contribution in [2.45, 2.75) is 58.0 Å². The maximum absolute atomic E-state index is 5.64. The van der Waals surface area contributed by atoms with E-state index in [0.717, 1.165) is 18.1 Å². The van der Waals surface area contributed by atoms with Gasteiger partial charge in [0.25, 0.3) is 0 Å². The summed E-state index contributed by atoms with van der Waals surface area (Å²) >= 11 is 0. The van der Waals surface area contributed by atoms with Crippen LogP contribution in [0.3, 0.4) is 0 Å². The lowest BCUT2D eigenvalue weighted by Crippen LogP contribution is -2.33. The van der Waals surface area contributed by atoms with Crippen LogP contribution in [-0.4, -0.2) is 4.98 Å². The zero-order chi connectivity index (χ0) is 15.0. The first-order valence-corrected chi connectivity index (χ1v) is 7.75. The van der Waals surface area contributed by atoms with Crippen molar-refractivity contribution in [1.29, 1.82) is 0 Å². The van der Waals surface area contributed by atoms with Crippen LogP contribution in [0.25, 0.3) is 0 Å². The van der Waals surface area contributed by atoms with Gasteiger partial charge in [0.2, 0.25) is 5.89 Å². The van der Waals surface area contributed by atoms with E-state index in [2.05, 4.69) is 55.3 Å². The Morgan fingerprint density at radius 2 is 2.10 bits per heavy atom. The molecule has 1 aromatic heterocycles. The fourth-order valence-corrected chi connectivity index (χ4v) is 3.33. The van der Waals surface area contributed by atoms with E-state index < -0.39 is 0 Å². The van der Waals surface area contributed by atoms with Gasteiger partial charge in [-0.05, 0) is 43.2 Å². The first-order valence-electron chi connectivity index (χ1n) is 7.75. The molecule has 0 amide bonds. The van der Waals surface area contributed by atoms with E-state index in [1.54, 1.807) is 6.20 Å². The highest BCUT2D eigenvalue weighted by Crippen LogP contribution is 2.42. The Labute approximate surface area is 126 Å². The summed E-state index contributed by atoms with van der Waals surface area (Å²) in [5.74, 6) is 1.64. The molecule has 1 aromatic carbocycles. The molecule has 2 unspecified atom stereocenters. The third kappa shape index (κ3) is 2.75. The molecule has 1 heterocycles. The van der Waals surface area contributed by atoms with Gasteiger partial charge in [-0.3, -0.25) is 5.32 Å². The van der Waals surface area contributed by atoms with E-state index in [0.29, 0.717) is 6.04 Å². The molecular formula is C18H24N2O. The molecule has 3 nitrogen and oxygen atoms in total. The number of fused-ring (bicyclic) bond motifs is 1. The first kappa shape index (κ1) is 14.3. The van der Waals surface area contributed by atoms with E-state index >= 15 is 0 Å². The minimum Gasteiger partial charge on any atom is -0.444 e. The Kier molecular flexibility index (Phi) is 3.62. The maximum atomic E-state index is 5.64. The third-order valence-corrected chi connectivity index (χ3v) is 4.58. The third-order valence-electron chi connectivity index (χ3n) is 4.58. The Morgan fingerprint density at radius 1 is 1.33 bits per heavy atom. The highest BCUT2D eigenvalue weighted by molar-refractivity contribution is 5.38. The first-order chi connectivity index (χ1) is 9.97. The maximum Gasteiger partial charge on any atom is 0.211 e. The lowest BCUT2D eigenvalue weighted by molar-refractivity contribution is 0.315. The number of hydrogen-bond acceptors (Lipinski definition) is 3. The molecule has 0 radical (unpaired) electrons. The summed E-state index contributed by atoms with van der Waals surface area (Å²) < 4.78 is 5.64. The number of nitrogens with zero attached hydrogens (tertiary/aromatic N) is 1. The van der Waals surface area contributed by atoms with Crippen molar-refractivity contribution in [2.75, 3.05) is 0 Å². The number of rotatable bonds is 3. The molecular weight excluding hydrogens is 260 g/mol. The molecule has 0 aliphatic heterocycles. The summed E-state index contributed by atoms with van der Waals surface area (Å²) in [6.07, 6.45) is 4.12. The van der Waals surface area contributed by atoms with Gasteiger partial charge < -0.3 is 4.42 Å². The van der Waals surface area contributed by atoms with Gasteiger partial charge in [-0.2, -0.15) is 0 Å².